The number of hydrogen-bond acceptors (Lipinski definition) is 4. The van der Waals surface area contributed by atoms with Crippen molar-refractivity contribution in [3.05, 3.63) is 35.0 Å². The zero-order chi connectivity index (χ0) is 17.6. The van der Waals surface area contributed by atoms with Crippen LogP contribution in [-0.4, -0.2) is 28.4 Å². The fourth-order valence-electron chi connectivity index (χ4n) is 3.51. The van der Waals surface area contributed by atoms with Crippen LogP contribution in [0, 0.1) is 5.82 Å². The molecule has 0 bridgehead atoms. The summed E-state index contributed by atoms with van der Waals surface area (Å²) < 4.78 is 14.4. The van der Waals surface area contributed by atoms with Crippen molar-refractivity contribution in [3.8, 4) is 0 Å². The van der Waals surface area contributed by atoms with E-state index in [0.717, 1.165) is 35.6 Å². The first-order valence-corrected chi connectivity index (χ1v) is 8.98. The third kappa shape index (κ3) is 2.57. The van der Waals surface area contributed by atoms with Crippen molar-refractivity contribution in [2.75, 3.05) is 0 Å². The Morgan fingerprint density at radius 1 is 1.24 bits per heavy atom. The number of benzene rings is 1. The molecule has 2 heterocycles. The zero-order valence-electron chi connectivity index (χ0n) is 13.3. The minimum absolute atomic E-state index is 0.241. The van der Waals surface area contributed by atoms with E-state index in [0.29, 0.717) is 22.9 Å². The molecular weight excluding hydrogens is 345 g/mol. The predicted molar refractivity (Wildman–Crippen MR) is 90.4 cm³/mol. The first-order valence-electron chi connectivity index (χ1n) is 8.16. The molecule has 25 heavy (non-hydrogen) atoms. The number of imide groups is 1. The van der Waals surface area contributed by atoms with Crippen LogP contribution in [-0.2, 0) is 4.79 Å². The van der Waals surface area contributed by atoms with E-state index >= 15 is 0 Å². The van der Waals surface area contributed by atoms with Crippen molar-refractivity contribution in [3.63, 3.8) is 0 Å². The standard InChI is InChI=1S/C17H16FN3O3S/c18-11-5-4-6-12-10(11)9-13(25-12)14(22)20-21-15(23)17(19-16(21)24)7-2-1-3-8-17/h4-6,9H,1-3,7-8H2,(H,19,24)(H,20,22). The van der Waals surface area contributed by atoms with Gasteiger partial charge in [-0.2, -0.15) is 5.01 Å². The molecule has 1 aliphatic heterocycles. The summed E-state index contributed by atoms with van der Waals surface area (Å²) in [6, 6.07) is 5.41. The van der Waals surface area contributed by atoms with E-state index in [2.05, 4.69) is 10.7 Å². The largest absolute Gasteiger partial charge is 0.344 e. The minimum atomic E-state index is -0.894. The van der Waals surface area contributed by atoms with E-state index in [-0.39, 0.29) is 4.88 Å². The molecule has 4 rings (SSSR count). The monoisotopic (exact) mass is 361 g/mol. The normalized spacial score (nSPS) is 19.5. The van der Waals surface area contributed by atoms with E-state index < -0.39 is 29.2 Å². The molecule has 4 amide bonds. The number of nitrogens with zero attached hydrogens (tertiary/aromatic N) is 1. The summed E-state index contributed by atoms with van der Waals surface area (Å²) in [4.78, 5) is 37.5. The van der Waals surface area contributed by atoms with E-state index in [4.69, 9.17) is 0 Å². The summed E-state index contributed by atoms with van der Waals surface area (Å²) in [5, 5.41) is 3.83. The lowest BCUT2D eigenvalue weighted by Gasteiger charge is -2.30. The number of hydrazine groups is 1. The molecule has 1 saturated carbocycles. The number of thiophene rings is 1. The van der Waals surface area contributed by atoms with Gasteiger partial charge < -0.3 is 5.32 Å². The Balaban J connectivity index is 1.56. The summed E-state index contributed by atoms with van der Waals surface area (Å²) in [5.41, 5.74) is 1.47. The van der Waals surface area contributed by atoms with E-state index in [1.165, 1.54) is 12.1 Å². The van der Waals surface area contributed by atoms with Crippen LogP contribution in [0.1, 0.15) is 41.8 Å². The van der Waals surface area contributed by atoms with Gasteiger partial charge in [0, 0.05) is 10.1 Å². The van der Waals surface area contributed by atoms with Crippen LogP contribution < -0.4 is 10.7 Å². The molecule has 0 radical (unpaired) electrons. The highest BCUT2D eigenvalue weighted by Gasteiger charge is 2.52. The molecule has 2 aromatic rings. The molecule has 2 fully saturated rings. The fraction of sp³-hybridized carbons (Fsp3) is 0.353. The number of amides is 4. The zero-order valence-corrected chi connectivity index (χ0v) is 14.1. The van der Waals surface area contributed by atoms with Crippen molar-refractivity contribution in [1.82, 2.24) is 15.8 Å². The van der Waals surface area contributed by atoms with Gasteiger partial charge in [0.05, 0.1) is 4.88 Å². The van der Waals surface area contributed by atoms with Crippen LogP contribution in [0.2, 0.25) is 0 Å². The van der Waals surface area contributed by atoms with Crippen LogP contribution in [0.4, 0.5) is 9.18 Å². The maximum absolute atomic E-state index is 13.8. The maximum Gasteiger partial charge on any atom is 0.344 e. The molecule has 6 nitrogen and oxygen atoms in total. The third-order valence-corrected chi connectivity index (χ3v) is 5.91. The lowest BCUT2D eigenvalue weighted by molar-refractivity contribution is -0.134. The average Bonchev–Trinajstić information content (AvgIpc) is 3.13. The Labute approximate surface area is 147 Å². The number of urea groups is 1. The summed E-state index contributed by atoms with van der Waals surface area (Å²) in [6.07, 6.45) is 3.92. The number of nitrogens with one attached hydrogen (secondary N) is 2. The smallest absolute Gasteiger partial charge is 0.322 e. The van der Waals surface area contributed by atoms with Crippen LogP contribution in [0.5, 0.6) is 0 Å². The van der Waals surface area contributed by atoms with E-state index in [9.17, 15) is 18.8 Å². The topological polar surface area (TPSA) is 78.5 Å². The highest BCUT2D eigenvalue weighted by atomic mass is 32.1. The molecule has 2 N–H and O–H groups in total. The lowest BCUT2D eigenvalue weighted by Crippen LogP contribution is -2.50. The summed E-state index contributed by atoms with van der Waals surface area (Å²) in [5.74, 6) is -1.43. The Morgan fingerprint density at radius 2 is 2.00 bits per heavy atom. The number of carbonyl (C=O) groups is 3. The molecule has 130 valence electrons. The molecule has 1 spiro atoms. The molecule has 0 unspecified atom stereocenters. The number of hydrogen-bond donors (Lipinski definition) is 2. The molecule has 8 heteroatoms. The van der Waals surface area contributed by atoms with Gasteiger partial charge in [-0.05, 0) is 31.0 Å². The van der Waals surface area contributed by atoms with E-state index in [1.807, 2.05) is 0 Å². The molecule has 2 aliphatic rings. The molecular formula is C17H16FN3O3S. The van der Waals surface area contributed by atoms with Gasteiger partial charge in [-0.3, -0.25) is 15.0 Å². The maximum atomic E-state index is 13.8. The lowest BCUT2D eigenvalue weighted by atomic mass is 9.82. The molecule has 1 saturated heterocycles. The quantitative estimate of drug-likeness (QED) is 0.807. The van der Waals surface area contributed by atoms with Gasteiger partial charge in [-0.25, -0.2) is 9.18 Å². The van der Waals surface area contributed by atoms with Gasteiger partial charge in [0.15, 0.2) is 0 Å². The molecule has 1 aromatic carbocycles. The second-order valence-corrected chi connectivity index (χ2v) is 7.50. The second kappa shape index (κ2) is 5.80. The van der Waals surface area contributed by atoms with Crippen LogP contribution in [0.25, 0.3) is 10.1 Å². The Kier molecular flexibility index (Phi) is 3.72. The van der Waals surface area contributed by atoms with Gasteiger partial charge in [-0.1, -0.05) is 25.3 Å². The van der Waals surface area contributed by atoms with Crippen molar-refractivity contribution in [2.45, 2.75) is 37.6 Å². The Hall–Kier alpha value is -2.48. The van der Waals surface area contributed by atoms with Gasteiger partial charge in [0.1, 0.15) is 11.4 Å². The van der Waals surface area contributed by atoms with Crippen molar-refractivity contribution < 1.29 is 18.8 Å². The first kappa shape index (κ1) is 16.0. The summed E-state index contributed by atoms with van der Waals surface area (Å²) in [6.45, 7) is 0. The average molecular weight is 361 g/mol. The van der Waals surface area contributed by atoms with Crippen molar-refractivity contribution in [1.29, 1.82) is 0 Å². The highest BCUT2D eigenvalue weighted by molar-refractivity contribution is 7.20. The summed E-state index contributed by atoms with van der Waals surface area (Å²) in [7, 11) is 0. The predicted octanol–water partition coefficient (Wildman–Crippen LogP) is 2.94. The van der Waals surface area contributed by atoms with Crippen molar-refractivity contribution >= 4 is 39.3 Å². The molecule has 1 aliphatic carbocycles. The molecule has 1 aromatic heterocycles. The van der Waals surface area contributed by atoms with Crippen molar-refractivity contribution in [2.24, 2.45) is 0 Å². The Bertz CT molecular complexity index is 888. The van der Waals surface area contributed by atoms with E-state index in [1.54, 1.807) is 12.1 Å². The second-order valence-electron chi connectivity index (χ2n) is 6.42. The van der Waals surface area contributed by atoms with Crippen LogP contribution in [0.3, 0.4) is 0 Å². The highest BCUT2D eigenvalue weighted by Crippen LogP contribution is 2.33. The molecule has 0 atom stereocenters. The number of carbonyl (C=O) groups excluding carboxylic acids is 3. The minimum Gasteiger partial charge on any atom is -0.322 e. The summed E-state index contributed by atoms with van der Waals surface area (Å²) >= 11 is 1.11. The van der Waals surface area contributed by atoms with Gasteiger partial charge in [0.2, 0.25) is 0 Å². The van der Waals surface area contributed by atoms with Gasteiger partial charge in [0.25, 0.3) is 11.8 Å². The van der Waals surface area contributed by atoms with Gasteiger partial charge in [-0.15, -0.1) is 11.3 Å². The van der Waals surface area contributed by atoms with Gasteiger partial charge >= 0.3 is 6.03 Å². The SMILES string of the molecule is O=C(NN1C(=O)NC2(CCCCC2)C1=O)c1cc2c(F)cccc2s1. The first-order chi connectivity index (χ1) is 12.0. The number of fused-ring (bicyclic) bond motifs is 1. The Morgan fingerprint density at radius 3 is 2.72 bits per heavy atom. The number of halogens is 1. The third-order valence-electron chi connectivity index (χ3n) is 4.81. The number of rotatable bonds is 2. The van der Waals surface area contributed by atoms with Crippen LogP contribution in [0.15, 0.2) is 24.3 Å². The van der Waals surface area contributed by atoms with Crippen LogP contribution >= 0.6 is 11.3 Å². The fourth-order valence-corrected chi connectivity index (χ4v) is 4.47.